The maximum atomic E-state index is 11.9. The van der Waals surface area contributed by atoms with Gasteiger partial charge in [0.15, 0.2) is 6.61 Å². The van der Waals surface area contributed by atoms with E-state index in [1.54, 1.807) is 0 Å². The van der Waals surface area contributed by atoms with E-state index in [4.69, 9.17) is 28.3 Å². The molecule has 10 heteroatoms. The lowest BCUT2D eigenvalue weighted by Gasteiger charge is -2.12. The monoisotopic (exact) mass is 323 g/mol. The van der Waals surface area contributed by atoms with Gasteiger partial charge in [-0.2, -0.15) is 13.2 Å². The fourth-order valence-electron chi connectivity index (χ4n) is 0.999. The Bertz CT molecular complexity index is 559. The van der Waals surface area contributed by atoms with Gasteiger partial charge in [-0.1, -0.05) is 23.2 Å². The molecule has 0 unspecified atom stereocenters. The molecule has 0 aliphatic heterocycles. The van der Waals surface area contributed by atoms with Gasteiger partial charge < -0.3 is 4.74 Å². The second kappa shape index (κ2) is 5.12. The summed E-state index contributed by atoms with van der Waals surface area (Å²) in [5.41, 5.74) is 0. The van der Waals surface area contributed by atoms with Crippen LogP contribution in [0.3, 0.4) is 0 Å². The Morgan fingerprint density at radius 3 is 2.22 bits per heavy atom. The molecular formula is C8H6Cl2F3NO3S. The number of sulfonamides is 1. The van der Waals surface area contributed by atoms with Crippen LogP contribution >= 0.6 is 23.2 Å². The summed E-state index contributed by atoms with van der Waals surface area (Å²) in [5.74, 6) is -0.383. The van der Waals surface area contributed by atoms with Crippen molar-refractivity contribution in [3.63, 3.8) is 0 Å². The summed E-state index contributed by atoms with van der Waals surface area (Å²) in [4.78, 5) is -0.492. The van der Waals surface area contributed by atoms with Crippen LogP contribution in [0.4, 0.5) is 13.2 Å². The highest BCUT2D eigenvalue weighted by Gasteiger charge is 2.29. The quantitative estimate of drug-likeness (QED) is 0.929. The predicted octanol–water partition coefficient (Wildman–Crippen LogP) is 2.58. The summed E-state index contributed by atoms with van der Waals surface area (Å²) in [7, 11) is -4.11. The van der Waals surface area contributed by atoms with Gasteiger partial charge in [0.1, 0.15) is 10.6 Å². The first-order valence-corrected chi connectivity index (χ1v) is 6.52. The molecule has 0 saturated carbocycles. The van der Waals surface area contributed by atoms with Crippen LogP contribution in [-0.4, -0.2) is 21.2 Å². The molecule has 0 spiro atoms. The Labute approximate surface area is 110 Å². The standard InChI is InChI=1S/C8H6Cl2F3NO3S/c9-4-2-7(18(14,15)16)5(10)1-6(4)17-3-8(11,12)13/h1-2H,3H2,(H2,14,15,16). The molecule has 0 atom stereocenters. The average molecular weight is 324 g/mol. The molecule has 102 valence electrons. The van der Waals surface area contributed by atoms with Crippen molar-refractivity contribution in [2.75, 3.05) is 6.61 Å². The molecule has 18 heavy (non-hydrogen) atoms. The van der Waals surface area contributed by atoms with E-state index in [1.807, 2.05) is 0 Å². The van der Waals surface area contributed by atoms with Crippen LogP contribution in [0.15, 0.2) is 17.0 Å². The fraction of sp³-hybridized carbons (Fsp3) is 0.250. The van der Waals surface area contributed by atoms with Crippen molar-refractivity contribution in [2.24, 2.45) is 5.14 Å². The van der Waals surface area contributed by atoms with Crippen LogP contribution in [0.1, 0.15) is 0 Å². The minimum atomic E-state index is -4.55. The van der Waals surface area contributed by atoms with E-state index in [2.05, 4.69) is 4.74 Å². The zero-order chi connectivity index (χ0) is 14.1. The number of hydrogen-bond acceptors (Lipinski definition) is 3. The smallest absolute Gasteiger partial charge is 0.422 e. The van der Waals surface area contributed by atoms with Crippen molar-refractivity contribution in [3.05, 3.63) is 22.2 Å². The molecule has 2 N–H and O–H groups in total. The molecule has 1 rings (SSSR count). The maximum Gasteiger partial charge on any atom is 0.422 e. The Morgan fingerprint density at radius 2 is 1.78 bits per heavy atom. The van der Waals surface area contributed by atoms with Gasteiger partial charge in [0.05, 0.1) is 10.0 Å². The second-order valence-electron chi connectivity index (χ2n) is 3.16. The van der Waals surface area contributed by atoms with Crippen LogP contribution < -0.4 is 9.88 Å². The van der Waals surface area contributed by atoms with Crippen LogP contribution in [-0.2, 0) is 10.0 Å². The Kier molecular flexibility index (Phi) is 4.37. The molecule has 0 aliphatic carbocycles. The van der Waals surface area contributed by atoms with Crippen LogP contribution in [0, 0.1) is 0 Å². The van der Waals surface area contributed by atoms with Crippen molar-refractivity contribution in [1.82, 2.24) is 0 Å². The Hall–Kier alpha value is -0.700. The predicted molar refractivity (Wildman–Crippen MR) is 59.4 cm³/mol. The van der Waals surface area contributed by atoms with Crippen molar-refractivity contribution >= 4 is 33.2 Å². The number of alkyl halides is 3. The topological polar surface area (TPSA) is 69.4 Å². The summed E-state index contributed by atoms with van der Waals surface area (Å²) in [6.07, 6.45) is -4.55. The maximum absolute atomic E-state index is 11.9. The van der Waals surface area contributed by atoms with E-state index in [9.17, 15) is 21.6 Å². The van der Waals surface area contributed by atoms with Gasteiger partial charge in [0.25, 0.3) is 0 Å². The molecule has 0 fully saturated rings. The molecule has 1 aromatic carbocycles. The second-order valence-corrected chi connectivity index (χ2v) is 5.51. The number of rotatable bonds is 3. The molecular weight excluding hydrogens is 318 g/mol. The van der Waals surface area contributed by atoms with E-state index < -0.39 is 27.7 Å². The van der Waals surface area contributed by atoms with E-state index >= 15 is 0 Å². The van der Waals surface area contributed by atoms with Crippen LogP contribution in [0.5, 0.6) is 5.75 Å². The van der Waals surface area contributed by atoms with Gasteiger partial charge in [-0.15, -0.1) is 0 Å². The molecule has 1 aromatic rings. The van der Waals surface area contributed by atoms with E-state index in [-0.39, 0.29) is 15.8 Å². The lowest BCUT2D eigenvalue weighted by molar-refractivity contribution is -0.153. The number of ether oxygens (including phenoxy) is 1. The summed E-state index contributed by atoms with van der Waals surface area (Å²) in [5, 5.41) is 4.11. The first-order chi connectivity index (χ1) is 8.00. The summed E-state index contributed by atoms with van der Waals surface area (Å²) >= 11 is 11.1. The highest BCUT2D eigenvalue weighted by Crippen LogP contribution is 2.33. The van der Waals surface area contributed by atoms with Gasteiger partial charge in [-0.3, -0.25) is 0 Å². The molecule has 0 radical (unpaired) electrons. The molecule has 0 amide bonds. The summed E-state index contributed by atoms with van der Waals surface area (Å²) < 4.78 is 62.2. The van der Waals surface area contributed by atoms with Gasteiger partial charge in [-0.25, -0.2) is 13.6 Å². The van der Waals surface area contributed by atoms with Gasteiger partial charge in [-0.05, 0) is 6.07 Å². The summed E-state index contributed by atoms with van der Waals surface area (Å²) in [6.45, 7) is -1.57. The average Bonchev–Trinajstić information content (AvgIpc) is 2.15. The first kappa shape index (κ1) is 15.4. The zero-order valence-electron chi connectivity index (χ0n) is 8.46. The lowest BCUT2D eigenvalue weighted by Crippen LogP contribution is -2.19. The molecule has 0 bridgehead atoms. The third kappa shape index (κ3) is 4.20. The van der Waals surface area contributed by atoms with Gasteiger partial charge >= 0.3 is 6.18 Å². The number of nitrogens with two attached hydrogens (primary N) is 1. The van der Waals surface area contributed by atoms with Crippen LogP contribution in [0.25, 0.3) is 0 Å². The first-order valence-electron chi connectivity index (χ1n) is 4.22. The minimum Gasteiger partial charge on any atom is -0.483 e. The SMILES string of the molecule is NS(=O)(=O)c1cc(Cl)c(OCC(F)(F)F)cc1Cl. The largest absolute Gasteiger partial charge is 0.483 e. The summed E-state index contributed by atoms with van der Waals surface area (Å²) in [6, 6.07) is 1.68. The number of halogens is 5. The molecule has 0 aromatic heterocycles. The molecule has 0 heterocycles. The molecule has 0 aliphatic rings. The molecule has 4 nitrogen and oxygen atoms in total. The van der Waals surface area contributed by atoms with E-state index in [0.29, 0.717) is 0 Å². The van der Waals surface area contributed by atoms with E-state index in [0.717, 1.165) is 12.1 Å². The fourth-order valence-corrected chi connectivity index (χ4v) is 2.37. The third-order valence-corrected chi connectivity index (χ3v) is 3.36. The number of primary sulfonamides is 1. The Balaban J connectivity index is 3.09. The van der Waals surface area contributed by atoms with Crippen molar-refractivity contribution in [3.8, 4) is 5.75 Å². The minimum absolute atomic E-state index is 0.340. The number of benzene rings is 1. The van der Waals surface area contributed by atoms with E-state index in [1.165, 1.54) is 0 Å². The van der Waals surface area contributed by atoms with Gasteiger partial charge in [0, 0.05) is 6.07 Å². The normalized spacial score (nSPS) is 12.6. The lowest BCUT2D eigenvalue weighted by atomic mass is 10.3. The zero-order valence-corrected chi connectivity index (χ0v) is 10.8. The van der Waals surface area contributed by atoms with Crippen molar-refractivity contribution in [2.45, 2.75) is 11.1 Å². The van der Waals surface area contributed by atoms with Crippen LogP contribution in [0.2, 0.25) is 10.0 Å². The Morgan fingerprint density at radius 1 is 1.22 bits per heavy atom. The van der Waals surface area contributed by atoms with Crippen molar-refractivity contribution in [1.29, 1.82) is 0 Å². The molecule has 0 saturated heterocycles. The third-order valence-electron chi connectivity index (χ3n) is 1.68. The highest BCUT2D eigenvalue weighted by molar-refractivity contribution is 7.89. The number of hydrogen-bond donors (Lipinski definition) is 1. The highest BCUT2D eigenvalue weighted by atomic mass is 35.5. The van der Waals surface area contributed by atoms with Crippen molar-refractivity contribution < 1.29 is 26.3 Å². The van der Waals surface area contributed by atoms with Gasteiger partial charge in [0.2, 0.25) is 10.0 Å².